The Kier molecular flexibility index (Phi) is 6.92. The van der Waals surface area contributed by atoms with E-state index in [2.05, 4.69) is 25.5 Å². The van der Waals surface area contributed by atoms with Gasteiger partial charge in [0.15, 0.2) is 5.82 Å². The monoisotopic (exact) mass is 489 g/mol. The van der Waals surface area contributed by atoms with Gasteiger partial charge >= 0.3 is 6.18 Å². The van der Waals surface area contributed by atoms with Crippen LogP contribution >= 0.6 is 0 Å². The molecule has 9 nitrogen and oxygen atoms in total. The predicted octanol–water partition coefficient (Wildman–Crippen LogP) is 3.03. The van der Waals surface area contributed by atoms with Crippen molar-refractivity contribution in [2.24, 2.45) is 5.73 Å². The maximum absolute atomic E-state index is 13.1. The Morgan fingerprint density at radius 1 is 1.11 bits per heavy atom. The Hall–Kier alpha value is -3.67. The number of nitrogens with zero attached hydrogens (tertiary/aromatic N) is 4. The number of carbonyl (C=O) groups is 2. The molecule has 0 radical (unpaired) electrons. The molecule has 0 unspecified atom stereocenters. The van der Waals surface area contributed by atoms with E-state index in [1.165, 1.54) is 6.42 Å². The van der Waals surface area contributed by atoms with Gasteiger partial charge in [-0.15, -0.1) is 0 Å². The number of hydrogen-bond donors (Lipinski definition) is 3. The van der Waals surface area contributed by atoms with Crippen LogP contribution in [0.2, 0.25) is 0 Å². The highest BCUT2D eigenvalue weighted by Crippen LogP contribution is 2.37. The molecule has 0 bridgehead atoms. The van der Waals surface area contributed by atoms with Crippen LogP contribution in [-0.2, 0) is 15.8 Å². The number of piperidine rings is 1. The average Bonchev–Trinajstić information content (AvgIpc) is 3.22. The van der Waals surface area contributed by atoms with Crippen LogP contribution in [0.4, 0.5) is 30.2 Å². The fourth-order valence-electron chi connectivity index (χ4n) is 4.22. The third-order valence-electron chi connectivity index (χ3n) is 5.93. The van der Waals surface area contributed by atoms with Crippen LogP contribution in [0.5, 0.6) is 0 Å². The summed E-state index contributed by atoms with van der Waals surface area (Å²) in [5.41, 5.74) is 5.72. The van der Waals surface area contributed by atoms with Gasteiger partial charge in [-0.05, 0) is 57.1 Å². The van der Waals surface area contributed by atoms with Crippen LogP contribution in [0, 0.1) is 0 Å². The summed E-state index contributed by atoms with van der Waals surface area (Å²) in [5.74, 6) is -1.42. The standard InChI is InChI=1S/C23H26F3N7O2/c1-2-33(18(34)13-32-10-4-3-5-11-32)14-6-7-15-16(12-14)30-22(29-15)19(20(27)35)21-28-9-8-17(31-21)23(24,25)26/h6-9,12,29-30H,2-5,10-11,13H2,1H3,(H2,27,35). The van der Waals surface area contributed by atoms with E-state index in [9.17, 15) is 22.8 Å². The first kappa shape index (κ1) is 24.5. The lowest BCUT2D eigenvalue weighted by Crippen LogP contribution is -2.42. The van der Waals surface area contributed by atoms with Gasteiger partial charge in [0.2, 0.25) is 5.91 Å². The number of hydrogen-bond acceptors (Lipinski definition) is 7. The van der Waals surface area contributed by atoms with Crippen molar-refractivity contribution in [3.63, 3.8) is 0 Å². The summed E-state index contributed by atoms with van der Waals surface area (Å²) in [6.45, 7) is 4.49. The molecule has 2 aliphatic rings. The minimum absolute atomic E-state index is 0.0220. The second-order valence-corrected chi connectivity index (χ2v) is 8.33. The number of likely N-dealkylation sites (N-methyl/N-ethyl adjacent to an activating group) is 1. The molecule has 2 aliphatic heterocycles. The van der Waals surface area contributed by atoms with Gasteiger partial charge in [0.1, 0.15) is 17.1 Å². The third kappa shape index (κ3) is 5.37. The van der Waals surface area contributed by atoms with Crippen LogP contribution in [-0.4, -0.2) is 52.9 Å². The molecule has 4 N–H and O–H groups in total. The first-order valence-corrected chi connectivity index (χ1v) is 11.3. The summed E-state index contributed by atoms with van der Waals surface area (Å²) < 4.78 is 39.3. The number of alkyl halides is 3. The van der Waals surface area contributed by atoms with Gasteiger partial charge in [-0.25, -0.2) is 9.97 Å². The van der Waals surface area contributed by atoms with E-state index < -0.39 is 23.6 Å². The van der Waals surface area contributed by atoms with Gasteiger partial charge in [0, 0.05) is 18.4 Å². The number of likely N-dealkylation sites (tertiary alicyclic amines) is 1. The maximum atomic E-state index is 13.1. The summed E-state index contributed by atoms with van der Waals surface area (Å²) >= 11 is 0. The number of primary amides is 1. The molecule has 2 aromatic rings. The number of amides is 2. The number of anilines is 3. The van der Waals surface area contributed by atoms with Crippen molar-refractivity contribution >= 4 is 34.4 Å². The molecule has 2 amide bonds. The Morgan fingerprint density at radius 3 is 2.49 bits per heavy atom. The number of fused-ring (bicyclic) bond motifs is 1. The highest BCUT2D eigenvalue weighted by molar-refractivity contribution is 6.20. The third-order valence-corrected chi connectivity index (χ3v) is 5.93. The molecule has 1 fully saturated rings. The van der Waals surface area contributed by atoms with E-state index in [1.807, 2.05) is 6.92 Å². The Labute approximate surface area is 200 Å². The van der Waals surface area contributed by atoms with Crippen molar-refractivity contribution in [1.29, 1.82) is 0 Å². The second-order valence-electron chi connectivity index (χ2n) is 8.33. The van der Waals surface area contributed by atoms with Gasteiger partial charge in [-0.3, -0.25) is 14.5 Å². The van der Waals surface area contributed by atoms with Crippen molar-refractivity contribution in [3.05, 3.63) is 47.8 Å². The summed E-state index contributed by atoms with van der Waals surface area (Å²) in [6.07, 6.45) is -0.437. The molecule has 12 heteroatoms. The minimum atomic E-state index is -4.70. The van der Waals surface area contributed by atoms with E-state index in [4.69, 9.17) is 5.73 Å². The summed E-state index contributed by atoms with van der Waals surface area (Å²) in [7, 11) is 0. The Morgan fingerprint density at radius 2 is 1.83 bits per heavy atom. The molecule has 0 spiro atoms. The fraction of sp³-hybridized carbons (Fsp3) is 0.391. The normalized spacial score (nSPS) is 17.3. The molecule has 0 saturated carbocycles. The van der Waals surface area contributed by atoms with Gasteiger partial charge in [0.05, 0.1) is 17.9 Å². The molecular formula is C23H26F3N7O2. The molecule has 0 atom stereocenters. The average molecular weight is 490 g/mol. The molecule has 1 aromatic heterocycles. The highest BCUT2D eigenvalue weighted by atomic mass is 19.4. The molecule has 0 aliphatic carbocycles. The Balaban J connectivity index is 1.60. The molecule has 35 heavy (non-hydrogen) atoms. The number of benzene rings is 1. The number of nitrogens with two attached hydrogens (primary N) is 1. The summed E-state index contributed by atoms with van der Waals surface area (Å²) in [5, 5.41) is 5.92. The largest absolute Gasteiger partial charge is 0.433 e. The van der Waals surface area contributed by atoms with E-state index in [-0.39, 0.29) is 17.3 Å². The highest BCUT2D eigenvalue weighted by Gasteiger charge is 2.34. The molecular weight excluding hydrogens is 463 g/mol. The van der Waals surface area contributed by atoms with Crippen molar-refractivity contribution in [3.8, 4) is 0 Å². The van der Waals surface area contributed by atoms with Gasteiger partial charge < -0.3 is 21.3 Å². The minimum Gasteiger partial charge on any atom is -0.365 e. The van der Waals surface area contributed by atoms with Gasteiger partial charge in [-0.1, -0.05) is 6.42 Å². The number of carbonyl (C=O) groups excluding carboxylic acids is 2. The molecule has 1 saturated heterocycles. The topological polar surface area (TPSA) is 116 Å². The van der Waals surface area contributed by atoms with Crippen molar-refractivity contribution in [2.45, 2.75) is 32.4 Å². The first-order chi connectivity index (χ1) is 16.7. The van der Waals surface area contributed by atoms with Crippen molar-refractivity contribution < 1.29 is 22.8 Å². The fourth-order valence-corrected chi connectivity index (χ4v) is 4.22. The SMILES string of the molecule is CCN(C(=O)CN1CCCCC1)c1ccc2c(c1)NC(=C(C(N)=O)c1nccc(C(F)(F)F)n1)N2. The van der Waals surface area contributed by atoms with Crippen LogP contribution in [0.3, 0.4) is 0 Å². The van der Waals surface area contributed by atoms with Crippen molar-refractivity contribution in [1.82, 2.24) is 14.9 Å². The van der Waals surface area contributed by atoms with Crippen LogP contribution in [0.15, 0.2) is 36.3 Å². The number of rotatable bonds is 6. The summed E-state index contributed by atoms with van der Waals surface area (Å²) in [6, 6.07) is 5.92. The summed E-state index contributed by atoms with van der Waals surface area (Å²) in [4.78, 5) is 36.2. The lowest BCUT2D eigenvalue weighted by atomic mass is 10.1. The van der Waals surface area contributed by atoms with Crippen LogP contribution in [0.1, 0.15) is 37.7 Å². The van der Waals surface area contributed by atoms with Gasteiger partial charge in [0.25, 0.3) is 5.91 Å². The smallest absolute Gasteiger partial charge is 0.365 e. The zero-order valence-corrected chi connectivity index (χ0v) is 19.2. The van der Waals surface area contributed by atoms with E-state index in [0.717, 1.165) is 32.1 Å². The Bertz CT molecular complexity index is 1160. The number of halogens is 3. The number of nitrogens with one attached hydrogen (secondary N) is 2. The second kappa shape index (κ2) is 9.90. The zero-order chi connectivity index (χ0) is 25.2. The lowest BCUT2D eigenvalue weighted by Gasteiger charge is -2.29. The van der Waals surface area contributed by atoms with Crippen molar-refractivity contribution in [2.75, 3.05) is 41.7 Å². The first-order valence-electron chi connectivity index (χ1n) is 11.3. The van der Waals surface area contributed by atoms with Gasteiger partial charge in [-0.2, -0.15) is 13.2 Å². The zero-order valence-electron chi connectivity index (χ0n) is 19.2. The van der Waals surface area contributed by atoms with E-state index in [0.29, 0.717) is 36.2 Å². The lowest BCUT2D eigenvalue weighted by molar-refractivity contribution is -0.141. The molecule has 186 valence electrons. The molecule has 3 heterocycles. The van der Waals surface area contributed by atoms with E-state index in [1.54, 1.807) is 23.1 Å². The van der Waals surface area contributed by atoms with Crippen LogP contribution in [0.25, 0.3) is 5.57 Å². The quantitative estimate of drug-likeness (QED) is 0.534. The molecule has 4 rings (SSSR count). The molecule has 1 aromatic carbocycles. The maximum Gasteiger partial charge on any atom is 0.433 e. The predicted molar refractivity (Wildman–Crippen MR) is 125 cm³/mol. The van der Waals surface area contributed by atoms with Crippen LogP contribution < -0.4 is 21.3 Å². The van der Waals surface area contributed by atoms with E-state index >= 15 is 0 Å². The number of aromatic nitrogens is 2.